The molecule has 0 saturated carbocycles. The number of hydrogen-bond acceptors (Lipinski definition) is 7. The largest absolute Gasteiger partial charge is 0.508 e. The molecule has 2 aliphatic rings. The number of phenols is 1. The highest BCUT2D eigenvalue weighted by molar-refractivity contribution is 6.51. The van der Waals surface area contributed by atoms with Gasteiger partial charge in [0.25, 0.3) is 17.4 Å². The van der Waals surface area contributed by atoms with Gasteiger partial charge in [0.1, 0.15) is 11.5 Å². The molecule has 1 atom stereocenters. The number of aliphatic hydroxyl groups is 1. The van der Waals surface area contributed by atoms with E-state index in [-0.39, 0.29) is 22.6 Å². The van der Waals surface area contributed by atoms with Gasteiger partial charge in [-0.15, -0.1) is 0 Å². The lowest BCUT2D eigenvalue weighted by Gasteiger charge is -2.26. The van der Waals surface area contributed by atoms with Crippen molar-refractivity contribution in [3.05, 3.63) is 99.6 Å². The van der Waals surface area contributed by atoms with Crippen LogP contribution < -0.4 is 9.80 Å². The first kappa shape index (κ1) is 23.1. The Morgan fingerprint density at radius 3 is 2.17 bits per heavy atom. The third kappa shape index (κ3) is 4.04. The second-order valence-corrected chi connectivity index (χ2v) is 8.78. The fourth-order valence-electron chi connectivity index (χ4n) is 4.81. The fraction of sp³-hybridized carbons (Fsp3) is 0.185. The monoisotopic (exact) mass is 485 g/mol. The fourth-order valence-corrected chi connectivity index (χ4v) is 4.81. The number of aromatic hydroxyl groups is 1. The predicted octanol–water partition coefficient (Wildman–Crippen LogP) is 4.53. The van der Waals surface area contributed by atoms with Gasteiger partial charge < -0.3 is 15.1 Å². The highest BCUT2D eigenvalue weighted by Crippen LogP contribution is 2.43. The smallest absolute Gasteiger partial charge is 0.300 e. The SMILES string of the molecule is O=C1C(=O)N(c2ccc(N3CCCC3)cc2)C(c2cccc(O)c2)/C1=C(/O)c1ccc([N+](=O)[O-])cc1. The molecule has 1 unspecified atom stereocenters. The lowest BCUT2D eigenvalue weighted by Crippen LogP contribution is -2.29. The van der Waals surface area contributed by atoms with Gasteiger partial charge in [0.15, 0.2) is 0 Å². The van der Waals surface area contributed by atoms with E-state index in [2.05, 4.69) is 4.90 Å². The van der Waals surface area contributed by atoms with Gasteiger partial charge >= 0.3 is 0 Å². The molecule has 0 aromatic heterocycles. The molecule has 9 heteroatoms. The molecule has 36 heavy (non-hydrogen) atoms. The zero-order valence-electron chi connectivity index (χ0n) is 19.2. The molecular formula is C27H23N3O6. The zero-order valence-corrected chi connectivity index (χ0v) is 19.2. The number of ketones is 1. The molecule has 2 aliphatic heterocycles. The summed E-state index contributed by atoms with van der Waals surface area (Å²) in [6.45, 7) is 1.92. The summed E-state index contributed by atoms with van der Waals surface area (Å²) < 4.78 is 0. The van der Waals surface area contributed by atoms with E-state index >= 15 is 0 Å². The van der Waals surface area contributed by atoms with Crippen LogP contribution in [-0.2, 0) is 9.59 Å². The van der Waals surface area contributed by atoms with Crippen LogP contribution in [-0.4, -0.2) is 39.9 Å². The molecule has 0 bridgehead atoms. The predicted molar refractivity (Wildman–Crippen MR) is 134 cm³/mol. The maximum absolute atomic E-state index is 13.3. The summed E-state index contributed by atoms with van der Waals surface area (Å²) in [5.41, 5.74) is 1.75. The Morgan fingerprint density at radius 2 is 1.56 bits per heavy atom. The number of amides is 1. The van der Waals surface area contributed by atoms with Crippen LogP contribution in [0.3, 0.4) is 0 Å². The van der Waals surface area contributed by atoms with Gasteiger partial charge in [-0.25, -0.2) is 0 Å². The minimum Gasteiger partial charge on any atom is -0.508 e. The van der Waals surface area contributed by atoms with E-state index in [1.807, 2.05) is 12.1 Å². The van der Waals surface area contributed by atoms with Crippen molar-refractivity contribution in [2.45, 2.75) is 18.9 Å². The van der Waals surface area contributed by atoms with Crippen LogP contribution in [0.5, 0.6) is 5.75 Å². The Kier molecular flexibility index (Phi) is 5.89. The Labute approximate surface area is 206 Å². The van der Waals surface area contributed by atoms with E-state index in [4.69, 9.17) is 0 Å². The van der Waals surface area contributed by atoms with Gasteiger partial charge in [-0.3, -0.25) is 24.6 Å². The third-order valence-electron chi connectivity index (χ3n) is 6.58. The Hall–Kier alpha value is -4.66. The number of nitro benzene ring substituents is 1. The third-order valence-corrected chi connectivity index (χ3v) is 6.58. The zero-order chi connectivity index (χ0) is 25.4. The lowest BCUT2D eigenvalue weighted by atomic mass is 9.95. The first-order valence-electron chi connectivity index (χ1n) is 11.5. The molecule has 3 aromatic rings. The Bertz CT molecular complexity index is 1380. The van der Waals surface area contributed by atoms with Crippen molar-refractivity contribution < 1.29 is 24.7 Å². The van der Waals surface area contributed by atoms with Crippen LogP contribution in [0.1, 0.15) is 30.0 Å². The molecule has 2 N–H and O–H groups in total. The van der Waals surface area contributed by atoms with Crippen LogP contribution in [0.2, 0.25) is 0 Å². The highest BCUT2D eigenvalue weighted by atomic mass is 16.6. The number of Topliss-reactive ketones (excluding diaryl/α,β-unsaturated/α-hetero) is 1. The van der Waals surface area contributed by atoms with Gasteiger partial charge in [0, 0.05) is 42.2 Å². The summed E-state index contributed by atoms with van der Waals surface area (Å²) in [6.07, 6.45) is 2.24. The summed E-state index contributed by atoms with van der Waals surface area (Å²) in [4.78, 5) is 40.5. The number of carbonyl (C=O) groups is 2. The molecule has 2 fully saturated rings. The summed E-state index contributed by atoms with van der Waals surface area (Å²) >= 11 is 0. The van der Waals surface area contributed by atoms with E-state index < -0.39 is 28.4 Å². The molecule has 9 nitrogen and oxygen atoms in total. The molecule has 0 spiro atoms. The van der Waals surface area contributed by atoms with Gasteiger partial charge in [0.05, 0.1) is 16.5 Å². The number of carbonyl (C=O) groups excluding carboxylic acids is 2. The number of nitrogens with zero attached hydrogens (tertiary/aromatic N) is 3. The van der Waals surface area contributed by atoms with E-state index in [9.17, 15) is 29.9 Å². The molecule has 2 saturated heterocycles. The molecule has 1 amide bonds. The van der Waals surface area contributed by atoms with Crippen molar-refractivity contribution in [1.82, 2.24) is 0 Å². The molecule has 3 aromatic carbocycles. The number of aliphatic hydroxyl groups excluding tert-OH is 1. The number of benzene rings is 3. The molecular weight excluding hydrogens is 462 g/mol. The maximum atomic E-state index is 13.3. The number of hydrogen-bond donors (Lipinski definition) is 2. The summed E-state index contributed by atoms with van der Waals surface area (Å²) in [7, 11) is 0. The number of phenolic OH excluding ortho intramolecular Hbond substituents is 1. The van der Waals surface area contributed by atoms with Crippen LogP contribution in [0.4, 0.5) is 17.1 Å². The van der Waals surface area contributed by atoms with Crippen LogP contribution in [0, 0.1) is 10.1 Å². The van der Waals surface area contributed by atoms with Crippen molar-refractivity contribution >= 4 is 34.5 Å². The van der Waals surface area contributed by atoms with Crippen LogP contribution in [0.25, 0.3) is 5.76 Å². The van der Waals surface area contributed by atoms with Crippen LogP contribution in [0.15, 0.2) is 78.4 Å². The van der Waals surface area contributed by atoms with Crippen molar-refractivity contribution in [2.24, 2.45) is 0 Å². The van der Waals surface area contributed by atoms with Crippen molar-refractivity contribution in [3.63, 3.8) is 0 Å². The van der Waals surface area contributed by atoms with E-state index in [0.29, 0.717) is 11.3 Å². The average Bonchev–Trinajstić information content (AvgIpc) is 3.51. The summed E-state index contributed by atoms with van der Waals surface area (Å²) in [6, 6.07) is 17.5. The first-order valence-corrected chi connectivity index (χ1v) is 11.5. The standard InChI is InChI=1S/C27H23N3O6/c31-22-5-3-4-18(16-22)24-23(25(32)17-6-8-21(9-7-17)30(35)36)26(33)27(34)29(24)20-12-10-19(11-13-20)28-14-1-2-15-28/h3-13,16,24,31-32H,1-2,14-15H2/b25-23-. The van der Waals surface area contributed by atoms with Gasteiger partial charge in [-0.05, 0) is 66.9 Å². The number of nitro groups is 1. The maximum Gasteiger partial charge on any atom is 0.300 e. The van der Waals surface area contributed by atoms with Crippen LogP contribution >= 0.6 is 0 Å². The average molecular weight is 485 g/mol. The topological polar surface area (TPSA) is 124 Å². The van der Waals surface area contributed by atoms with E-state index in [1.54, 1.807) is 24.3 Å². The molecule has 5 rings (SSSR count). The van der Waals surface area contributed by atoms with Gasteiger partial charge in [0.2, 0.25) is 0 Å². The first-order chi connectivity index (χ1) is 17.3. The van der Waals surface area contributed by atoms with Gasteiger partial charge in [-0.1, -0.05) is 12.1 Å². The normalized spacial score (nSPS) is 19.2. The summed E-state index contributed by atoms with van der Waals surface area (Å²) in [5.74, 6) is -2.21. The number of rotatable bonds is 5. The van der Waals surface area contributed by atoms with Crippen molar-refractivity contribution in [1.29, 1.82) is 0 Å². The second-order valence-electron chi connectivity index (χ2n) is 8.78. The summed E-state index contributed by atoms with van der Waals surface area (Å²) in [5, 5.41) is 32.2. The quantitative estimate of drug-likeness (QED) is 0.179. The van der Waals surface area contributed by atoms with Crippen molar-refractivity contribution in [2.75, 3.05) is 22.9 Å². The lowest BCUT2D eigenvalue weighted by molar-refractivity contribution is -0.384. The van der Waals surface area contributed by atoms with E-state index in [0.717, 1.165) is 31.6 Å². The molecule has 2 heterocycles. The number of non-ortho nitro benzene ring substituents is 1. The minimum atomic E-state index is -1.01. The molecule has 0 aliphatic carbocycles. The number of anilines is 2. The molecule has 0 radical (unpaired) electrons. The van der Waals surface area contributed by atoms with Crippen molar-refractivity contribution in [3.8, 4) is 5.75 Å². The molecule has 182 valence electrons. The minimum absolute atomic E-state index is 0.0576. The van der Waals surface area contributed by atoms with E-state index in [1.165, 1.54) is 41.3 Å². The Balaban J connectivity index is 1.62. The van der Waals surface area contributed by atoms with Gasteiger partial charge in [-0.2, -0.15) is 0 Å². The second kappa shape index (κ2) is 9.18. The highest BCUT2D eigenvalue weighted by Gasteiger charge is 2.47. The Morgan fingerprint density at radius 1 is 0.917 bits per heavy atom.